The number of carbonyl (C=O) groups is 1. The third kappa shape index (κ3) is 3.76. The van der Waals surface area contributed by atoms with Gasteiger partial charge in [0.15, 0.2) is 0 Å². The predicted octanol–water partition coefficient (Wildman–Crippen LogP) is -0.479. The number of carbonyl (C=O) groups excluding carboxylic acids is 1. The van der Waals surface area contributed by atoms with E-state index in [1.54, 1.807) is 4.90 Å². The highest BCUT2D eigenvalue weighted by Crippen LogP contribution is 2.13. The van der Waals surface area contributed by atoms with Gasteiger partial charge in [-0.1, -0.05) is 6.92 Å². The molecule has 1 unspecified atom stereocenters. The summed E-state index contributed by atoms with van der Waals surface area (Å²) >= 11 is 0. The van der Waals surface area contributed by atoms with Gasteiger partial charge in [0.25, 0.3) is 5.91 Å². The second kappa shape index (κ2) is 5.88. The van der Waals surface area contributed by atoms with Gasteiger partial charge in [0.1, 0.15) is 5.82 Å². The van der Waals surface area contributed by atoms with Gasteiger partial charge < -0.3 is 4.90 Å². The van der Waals surface area contributed by atoms with E-state index in [2.05, 4.69) is 19.9 Å². The Morgan fingerprint density at radius 1 is 1.55 bits per heavy atom. The number of aromatic amines is 1. The van der Waals surface area contributed by atoms with E-state index in [1.165, 1.54) is 0 Å². The summed E-state index contributed by atoms with van der Waals surface area (Å²) in [5.74, 6) is 0.541. The van der Waals surface area contributed by atoms with E-state index in [1.807, 2.05) is 6.92 Å². The molecule has 0 bridgehead atoms. The third-order valence-corrected chi connectivity index (χ3v) is 3.91. The van der Waals surface area contributed by atoms with Crippen molar-refractivity contribution in [3.63, 3.8) is 0 Å². The summed E-state index contributed by atoms with van der Waals surface area (Å²) in [6, 6.07) is -0.243. The number of nitrogens with zero attached hydrogens (tertiary/aromatic N) is 3. The van der Waals surface area contributed by atoms with Crippen LogP contribution in [0.15, 0.2) is 0 Å². The minimum atomic E-state index is -3.26. The Balaban J connectivity index is 2.03. The van der Waals surface area contributed by atoms with Crippen molar-refractivity contribution in [1.82, 2.24) is 24.8 Å². The van der Waals surface area contributed by atoms with Gasteiger partial charge in [-0.05, 0) is 12.8 Å². The van der Waals surface area contributed by atoms with Gasteiger partial charge in [-0.15, -0.1) is 5.10 Å². The van der Waals surface area contributed by atoms with Gasteiger partial charge in [-0.2, -0.15) is 0 Å². The Hall–Kier alpha value is -1.48. The van der Waals surface area contributed by atoms with Gasteiger partial charge in [0.05, 0.1) is 6.26 Å². The first-order chi connectivity index (χ1) is 9.39. The number of aromatic nitrogens is 3. The quantitative estimate of drug-likeness (QED) is 0.781. The topological polar surface area (TPSA) is 108 Å². The molecule has 20 heavy (non-hydrogen) atoms. The van der Waals surface area contributed by atoms with Crippen LogP contribution in [-0.4, -0.2) is 59.8 Å². The number of amides is 1. The summed E-state index contributed by atoms with van der Waals surface area (Å²) in [4.78, 5) is 17.9. The largest absolute Gasteiger partial charge is 0.334 e. The van der Waals surface area contributed by atoms with Crippen LogP contribution in [0.5, 0.6) is 0 Å². The number of H-pyrrole nitrogens is 1. The zero-order valence-electron chi connectivity index (χ0n) is 11.6. The number of piperidine rings is 1. The zero-order chi connectivity index (χ0) is 14.8. The minimum Gasteiger partial charge on any atom is -0.334 e. The van der Waals surface area contributed by atoms with Gasteiger partial charge in [0, 0.05) is 25.6 Å². The highest BCUT2D eigenvalue weighted by atomic mass is 32.2. The van der Waals surface area contributed by atoms with E-state index in [9.17, 15) is 13.2 Å². The SMILES string of the molecule is CCc1nc(C(=O)N2CCCC(NS(C)(=O)=O)C2)n[nH]1. The van der Waals surface area contributed by atoms with Crippen molar-refractivity contribution >= 4 is 15.9 Å². The fourth-order valence-electron chi connectivity index (χ4n) is 2.25. The molecule has 1 aromatic heterocycles. The fourth-order valence-corrected chi connectivity index (χ4v) is 3.05. The maximum absolute atomic E-state index is 12.2. The molecule has 1 aliphatic heterocycles. The Morgan fingerprint density at radius 3 is 2.90 bits per heavy atom. The van der Waals surface area contributed by atoms with Crippen LogP contribution < -0.4 is 4.72 Å². The molecule has 1 fully saturated rings. The average Bonchev–Trinajstić information content (AvgIpc) is 2.85. The maximum atomic E-state index is 12.2. The van der Waals surface area contributed by atoms with Crippen molar-refractivity contribution in [2.45, 2.75) is 32.2 Å². The molecule has 1 aromatic rings. The number of rotatable bonds is 4. The van der Waals surface area contributed by atoms with Crippen LogP contribution in [0.4, 0.5) is 0 Å². The molecule has 8 nitrogen and oxygen atoms in total. The summed E-state index contributed by atoms with van der Waals surface area (Å²) in [5.41, 5.74) is 0. The number of hydrogen-bond donors (Lipinski definition) is 2. The zero-order valence-corrected chi connectivity index (χ0v) is 12.4. The van der Waals surface area contributed by atoms with Gasteiger partial charge in [-0.25, -0.2) is 18.1 Å². The Bertz CT molecular complexity index is 583. The first-order valence-electron chi connectivity index (χ1n) is 6.57. The highest BCUT2D eigenvalue weighted by Gasteiger charge is 2.28. The lowest BCUT2D eigenvalue weighted by Gasteiger charge is -2.31. The van der Waals surface area contributed by atoms with E-state index >= 15 is 0 Å². The number of hydrogen-bond acceptors (Lipinski definition) is 5. The van der Waals surface area contributed by atoms with Crippen LogP contribution in [-0.2, 0) is 16.4 Å². The molecule has 0 spiro atoms. The monoisotopic (exact) mass is 301 g/mol. The second-order valence-electron chi connectivity index (χ2n) is 4.94. The van der Waals surface area contributed by atoms with E-state index in [-0.39, 0.29) is 17.8 Å². The van der Waals surface area contributed by atoms with E-state index < -0.39 is 10.0 Å². The molecule has 2 N–H and O–H groups in total. The molecular weight excluding hydrogens is 282 g/mol. The second-order valence-corrected chi connectivity index (χ2v) is 6.72. The van der Waals surface area contributed by atoms with Crippen molar-refractivity contribution in [2.24, 2.45) is 0 Å². The number of aryl methyl sites for hydroxylation is 1. The summed E-state index contributed by atoms with van der Waals surface area (Å²) in [5, 5.41) is 6.60. The number of nitrogens with one attached hydrogen (secondary N) is 2. The molecular formula is C11H19N5O3S. The predicted molar refractivity (Wildman–Crippen MR) is 72.7 cm³/mol. The van der Waals surface area contributed by atoms with Crippen molar-refractivity contribution in [1.29, 1.82) is 0 Å². The Kier molecular flexibility index (Phi) is 4.39. The molecule has 1 aliphatic rings. The lowest BCUT2D eigenvalue weighted by Crippen LogP contribution is -2.49. The summed E-state index contributed by atoms with van der Waals surface area (Å²) in [6.07, 6.45) is 3.28. The molecule has 0 saturated carbocycles. The van der Waals surface area contributed by atoms with Crippen LogP contribution in [0.2, 0.25) is 0 Å². The van der Waals surface area contributed by atoms with Crippen LogP contribution in [0.1, 0.15) is 36.2 Å². The van der Waals surface area contributed by atoms with Gasteiger partial charge in [0.2, 0.25) is 15.8 Å². The average molecular weight is 301 g/mol. The van der Waals surface area contributed by atoms with E-state index in [0.717, 1.165) is 19.1 Å². The molecule has 1 saturated heterocycles. The molecule has 1 atom stereocenters. The molecule has 112 valence electrons. The molecule has 0 aliphatic carbocycles. The standard InChI is InChI=1S/C11H19N5O3S/c1-3-9-12-10(14-13-9)11(17)16-6-4-5-8(7-16)15-20(2,18)19/h8,15H,3-7H2,1-2H3,(H,12,13,14). The van der Waals surface area contributed by atoms with Crippen LogP contribution in [0.3, 0.4) is 0 Å². The molecule has 9 heteroatoms. The van der Waals surface area contributed by atoms with Crippen LogP contribution in [0, 0.1) is 0 Å². The van der Waals surface area contributed by atoms with E-state index in [4.69, 9.17) is 0 Å². The van der Waals surface area contributed by atoms with Crippen molar-refractivity contribution in [3.05, 3.63) is 11.6 Å². The number of sulfonamides is 1. The summed E-state index contributed by atoms with van der Waals surface area (Å²) in [6.45, 7) is 2.86. The fraction of sp³-hybridized carbons (Fsp3) is 0.727. The first-order valence-corrected chi connectivity index (χ1v) is 8.46. The normalized spacial score (nSPS) is 20.1. The molecule has 1 amide bonds. The molecule has 0 aromatic carbocycles. The smallest absolute Gasteiger partial charge is 0.293 e. The van der Waals surface area contributed by atoms with Crippen molar-refractivity contribution < 1.29 is 13.2 Å². The van der Waals surface area contributed by atoms with Gasteiger partial charge in [-0.3, -0.25) is 9.89 Å². The lowest BCUT2D eigenvalue weighted by atomic mass is 10.1. The lowest BCUT2D eigenvalue weighted by molar-refractivity contribution is 0.0691. The summed E-state index contributed by atoms with van der Waals surface area (Å²) < 4.78 is 25.0. The molecule has 2 heterocycles. The third-order valence-electron chi connectivity index (χ3n) is 3.15. The maximum Gasteiger partial charge on any atom is 0.293 e. The minimum absolute atomic E-state index is 0.141. The number of likely N-dealkylation sites (tertiary alicyclic amines) is 1. The molecule has 2 rings (SSSR count). The van der Waals surface area contributed by atoms with Gasteiger partial charge >= 0.3 is 0 Å². The first kappa shape index (κ1) is 14.9. The van der Waals surface area contributed by atoms with Crippen molar-refractivity contribution in [2.75, 3.05) is 19.3 Å². The van der Waals surface area contributed by atoms with Crippen LogP contribution in [0.25, 0.3) is 0 Å². The van der Waals surface area contributed by atoms with Crippen LogP contribution >= 0.6 is 0 Å². The Labute approximate surface area is 118 Å². The summed E-state index contributed by atoms with van der Waals surface area (Å²) in [7, 11) is -3.26. The van der Waals surface area contributed by atoms with E-state index in [0.29, 0.717) is 25.3 Å². The van der Waals surface area contributed by atoms with Crippen molar-refractivity contribution in [3.8, 4) is 0 Å². The highest BCUT2D eigenvalue weighted by molar-refractivity contribution is 7.88. The Morgan fingerprint density at radius 2 is 2.30 bits per heavy atom. The molecule has 0 radical (unpaired) electrons.